The van der Waals surface area contributed by atoms with Crippen LogP contribution in [0.5, 0.6) is 0 Å². The molecule has 0 spiro atoms. The van der Waals surface area contributed by atoms with Gasteiger partial charge < -0.3 is 9.05 Å². The first-order valence-electron chi connectivity index (χ1n) is 12.8. The predicted molar refractivity (Wildman–Crippen MR) is 146 cm³/mol. The van der Waals surface area contributed by atoms with Gasteiger partial charge in [0.2, 0.25) is 0 Å². The normalized spacial score (nSPS) is 17.3. The molecule has 4 aromatic rings. The highest BCUT2D eigenvalue weighted by Crippen LogP contribution is 2.45. The van der Waals surface area contributed by atoms with Gasteiger partial charge in [0.05, 0.1) is 28.5 Å². The molecule has 220 valence electrons. The van der Waals surface area contributed by atoms with Gasteiger partial charge in [-0.3, -0.25) is 0 Å². The molecule has 1 fully saturated rings. The van der Waals surface area contributed by atoms with Crippen LogP contribution in [0.25, 0.3) is 0 Å². The van der Waals surface area contributed by atoms with E-state index in [0.717, 1.165) is 48.5 Å². The van der Waals surface area contributed by atoms with Crippen LogP contribution in [0.15, 0.2) is 72.8 Å². The SMILES string of the molecule is Fc1cc(F)cc(P(O[C@@H]2CCCC[C@H]2OP(c2cc(F)cc(F)c2)c2cc(F)cc(F)c2)c2cc(F)cc(F)c2)c1. The minimum absolute atomic E-state index is 0.0125. The lowest BCUT2D eigenvalue weighted by Crippen LogP contribution is -2.36. The van der Waals surface area contributed by atoms with Crippen molar-refractivity contribution >= 4 is 37.5 Å². The number of benzene rings is 4. The quantitative estimate of drug-likeness (QED) is 0.148. The molecule has 42 heavy (non-hydrogen) atoms. The van der Waals surface area contributed by atoms with Crippen molar-refractivity contribution in [3.63, 3.8) is 0 Å². The van der Waals surface area contributed by atoms with Crippen LogP contribution >= 0.6 is 16.3 Å². The molecule has 0 unspecified atom stereocenters. The van der Waals surface area contributed by atoms with Crippen molar-refractivity contribution in [1.29, 1.82) is 0 Å². The Bertz CT molecular complexity index is 1290. The summed E-state index contributed by atoms with van der Waals surface area (Å²) in [5.41, 5.74) is 0. The molecule has 12 heteroatoms. The van der Waals surface area contributed by atoms with Crippen LogP contribution in [0.1, 0.15) is 25.7 Å². The van der Waals surface area contributed by atoms with E-state index in [1.165, 1.54) is 0 Å². The molecule has 2 atom stereocenters. The number of hydrogen-bond donors (Lipinski definition) is 0. The topological polar surface area (TPSA) is 18.5 Å². The first kappa shape index (κ1) is 30.6. The van der Waals surface area contributed by atoms with Crippen molar-refractivity contribution in [3.8, 4) is 0 Å². The fraction of sp³-hybridized carbons (Fsp3) is 0.200. The summed E-state index contributed by atoms with van der Waals surface area (Å²) in [7, 11) is -4.38. The summed E-state index contributed by atoms with van der Waals surface area (Å²) in [6.45, 7) is 0. The highest BCUT2D eigenvalue weighted by Gasteiger charge is 2.34. The largest absolute Gasteiger partial charge is 0.344 e. The second-order valence-electron chi connectivity index (χ2n) is 9.67. The Labute approximate surface area is 239 Å². The molecular formula is C30H22F8O2P2. The van der Waals surface area contributed by atoms with Gasteiger partial charge in [-0.05, 0) is 61.4 Å². The third-order valence-electron chi connectivity index (χ3n) is 6.45. The molecule has 0 saturated heterocycles. The zero-order valence-corrected chi connectivity index (χ0v) is 23.4. The number of rotatable bonds is 8. The minimum atomic E-state index is -2.19. The summed E-state index contributed by atoms with van der Waals surface area (Å²) in [5.74, 6) is -7.34. The van der Waals surface area contributed by atoms with Crippen molar-refractivity contribution in [1.82, 2.24) is 0 Å². The van der Waals surface area contributed by atoms with Crippen LogP contribution in [-0.4, -0.2) is 12.2 Å². The number of halogens is 8. The Balaban J connectivity index is 1.53. The lowest BCUT2D eigenvalue weighted by atomic mass is 9.95. The Kier molecular flexibility index (Phi) is 9.58. The van der Waals surface area contributed by atoms with Crippen LogP contribution in [0.3, 0.4) is 0 Å². The Morgan fingerprint density at radius 1 is 0.381 bits per heavy atom. The monoisotopic (exact) mass is 628 g/mol. The van der Waals surface area contributed by atoms with Crippen LogP contribution in [0, 0.1) is 46.5 Å². The Hall–Kier alpha value is -2.90. The van der Waals surface area contributed by atoms with Crippen LogP contribution < -0.4 is 21.2 Å². The highest BCUT2D eigenvalue weighted by atomic mass is 31.1. The number of hydrogen-bond acceptors (Lipinski definition) is 2. The van der Waals surface area contributed by atoms with E-state index in [9.17, 15) is 35.1 Å². The predicted octanol–water partition coefficient (Wildman–Crippen LogP) is 7.54. The molecule has 0 aromatic heterocycles. The van der Waals surface area contributed by atoms with Gasteiger partial charge in [-0.2, -0.15) is 0 Å². The van der Waals surface area contributed by atoms with Crippen LogP contribution in [-0.2, 0) is 9.05 Å². The maximum Gasteiger partial charge on any atom is 0.126 e. The minimum Gasteiger partial charge on any atom is -0.344 e. The van der Waals surface area contributed by atoms with Crippen LogP contribution in [0.4, 0.5) is 35.1 Å². The zero-order chi connectivity index (χ0) is 30.0. The molecule has 1 aliphatic carbocycles. The van der Waals surface area contributed by atoms with E-state index < -0.39 is 75.0 Å². The van der Waals surface area contributed by atoms with Gasteiger partial charge in [0.15, 0.2) is 0 Å². The van der Waals surface area contributed by atoms with Gasteiger partial charge in [-0.25, -0.2) is 35.1 Å². The second-order valence-corrected chi connectivity index (χ2v) is 13.3. The van der Waals surface area contributed by atoms with E-state index in [-0.39, 0.29) is 21.2 Å². The van der Waals surface area contributed by atoms with Gasteiger partial charge in [0, 0.05) is 45.5 Å². The summed E-state index contributed by atoms with van der Waals surface area (Å²) in [6, 6.07) is 10.7. The van der Waals surface area contributed by atoms with Gasteiger partial charge in [-0.1, -0.05) is 12.8 Å². The maximum absolute atomic E-state index is 14.2. The third-order valence-corrected chi connectivity index (χ3v) is 10.3. The molecule has 0 aliphatic heterocycles. The van der Waals surface area contributed by atoms with Gasteiger partial charge in [0.1, 0.15) is 46.5 Å². The van der Waals surface area contributed by atoms with E-state index >= 15 is 0 Å². The van der Waals surface area contributed by atoms with E-state index in [2.05, 4.69) is 0 Å². The summed E-state index contributed by atoms with van der Waals surface area (Å²) >= 11 is 0. The van der Waals surface area contributed by atoms with Gasteiger partial charge in [-0.15, -0.1) is 0 Å². The average Bonchev–Trinajstić information content (AvgIpc) is 2.88. The first-order chi connectivity index (χ1) is 20.0. The second kappa shape index (κ2) is 13.2. The smallest absolute Gasteiger partial charge is 0.126 e. The van der Waals surface area contributed by atoms with Gasteiger partial charge in [0.25, 0.3) is 0 Å². The molecule has 0 amide bonds. The summed E-state index contributed by atoms with van der Waals surface area (Å²) in [4.78, 5) is 0. The summed E-state index contributed by atoms with van der Waals surface area (Å²) in [5, 5.41) is 0.0500. The lowest BCUT2D eigenvalue weighted by Gasteiger charge is -2.36. The third kappa shape index (κ3) is 7.54. The lowest BCUT2D eigenvalue weighted by molar-refractivity contribution is 0.0414. The van der Waals surface area contributed by atoms with E-state index in [1.807, 2.05) is 0 Å². The Morgan fingerprint density at radius 2 is 0.595 bits per heavy atom. The van der Waals surface area contributed by atoms with Gasteiger partial charge >= 0.3 is 0 Å². The van der Waals surface area contributed by atoms with Crippen molar-refractivity contribution in [2.45, 2.75) is 37.9 Å². The maximum atomic E-state index is 14.2. The molecule has 5 rings (SSSR count). The molecule has 0 bridgehead atoms. The first-order valence-corrected chi connectivity index (χ1v) is 15.3. The fourth-order valence-corrected chi connectivity index (χ4v) is 8.77. The molecule has 0 radical (unpaired) electrons. The van der Waals surface area contributed by atoms with Crippen LogP contribution in [0.2, 0.25) is 0 Å². The zero-order valence-electron chi connectivity index (χ0n) is 21.6. The van der Waals surface area contributed by atoms with Crippen molar-refractivity contribution in [2.75, 3.05) is 0 Å². The fourth-order valence-electron chi connectivity index (χ4n) is 4.74. The van der Waals surface area contributed by atoms with Crippen molar-refractivity contribution < 1.29 is 44.2 Å². The summed E-state index contributed by atoms with van der Waals surface area (Å²) in [6.07, 6.45) is 0.371. The highest BCUT2D eigenvalue weighted by molar-refractivity contribution is 7.69. The van der Waals surface area contributed by atoms with E-state index in [4.69, 9.17) is 9.05 Å². The Morgan fingerprint density at radius 3 is 0.810 bits per heavy atom. The molecular weight excluding hydrogens is 606 g/mol. The molecule has 0 N–H and O–H groups in total. The van der Waals surface area contributed by atoms with Crippen molar-refractivity contribution in [2.24, 2.45) is 0 Å². The molecule has 1 aliphatic rings. The van der Waals surface area contributed by atoms with E-state index in [0.29, 0.717) is 49.9 Å². The summed E-state index contributed by atoms with van der Waals surface area (Å²) < 4.78 is 126. The van der Waals surface area contributed by atoms with E-state index in [1.54, 1.807) is 0 Å². The average molecular weight is 628 g/mol. The molecule has 2 nitrogen and oxygen atoms in total. The molecule has 0 heterocycles. The molecule has 4 aromatic carbocycles. The van der Waals surface area contributed by atoms with Crippen molar-refractivity contribution in [3.05, 3.63) is 119 Å². The molecule has 1 saturated carbocycles. The standard InChI is InChI=1S/C30H22F8O2P2/c31-17-5-18(32)10-25(9-17)41(26-11-19(33)6-20(34)12-26)39-29-3-1-2-4-30(29)40-42(27-13-21(35)7-22(36)14-27)28-15-23(37)8-24(38)16-28/h5-16,29-30H,1-4H2/t29-,30-/m1/s1.